The quantitative estimate of drug-likeness (QED) is 0.726. The summed E-state index contributed by atoms with van der Waals surface area (Å²) < 4.78 is 7.94. The first-order chi connectivity index (χ1) is 10.6. The molecular formula is C17H20N4O. The Labute approximate surface area is 129 Å². The van der Waals surface area contributed by atoms with E-state index in [1.807, 2.05) is 36.0 Å². The molecule has 114 valence electrons. The molecule has 4 rings (SSSR count). The maximum Gasteiger partial charge on any atom is 0.298 e. The van der Waals surface area contributed by atoms with Crippen LogP contribution in [0, 0.1) is 13.8 Å². The van der Waals surface area contributed by atoms with E-state index in [1.54, 1.807) is 0 Å². The molecule has 1 aromatic carbocycles. The van der Waals surface area contributed by atoms with E-state index in [4.69, 9.17) is 4.42 Å². The number of hydrogen-bond donors (Lipinski definition) is 0. The lowest BCUT2D eigenvalue weighted by molar-refractivity contribution is 0.555. The smallest absolute Gasteiger partial charge is 0.298 e. The lowest BCUT2D eigenvalue weighted by Gasteiger charge is -2.23. The van der Waals surface area contributed by atoms with E-state index in [0.29, 0.717) is 6.04 Å². The van der Waals surface area contributed by atoms with Crippen LogP contribution in [0.15, 0.2) is 28.7 Å². The minimum atomic E-state index is 0.307. The largest absolute Gasteiger partial charge is 0.423 e. The van der Waals surface area contributed by atoms with Crippen LogP contribution in [0.3, 0.4) is 0 Å². The second kappa shape index (κ2) is 4.87. The van der Waals surface area contributed by atoms with Crippen molar-refractivity contribution in [1.82, 2.24) is 14.8 Å². The van der Waals surface area contributed by atoms with Gasteiger partial charge in [0.15, 0.2) is 5.58 Å². The van der Waals surface area contributed by atoms with Gasteiger partial charge in [-0.3, -0.25) is 4.68 Å². The third-order valence-electron chi connectivity index (χ3n) is 4.68. The number of benzene rings is 1. The van der Waals surface area contributed by atoms with E-state index in [1.165, 1.54) is 11.3 Å². The number of aryl methyl sites for hydroxylation is 2. The molecule has 1 saturated heterocycles. The zero-order valence-corrected chi connectivity index (χ0v) is 13.2. The minimum Gasteiger partial charge on any atom is -0.423 e. The Bertz CT molecular complexity index is 799. The SMILES string of the molecule is Cc1nn(C)c(C)c1C1CCCN1c1nc2ccccc2o1. The summed E-state index contributed by atoms with van der Waals surface area (Å²) in [4.78, 5) is 6.96. The Morgan fingerprint density at radius 3 is 2.77 bits per heavy atom. The van der Waals surface area contributed by atoms with Crippen LogP contribution in [0.2, 0.25) is 0 Å². The van der Waals surface area contributed by atoms with Crippen molar-refractivity contribution in [1.29, 1.82) is 0 Å². The van der Waals surface area contributed by atoms with Crippen LogP contribution in [0.25, 0.3) is 11.1 Å². The summed E-state index contributed by atoms with van der Waals surface area (Å²) in [7, 11) is 2.00. The first-order valence-corrected chi connectivity index (χ1v) is 7.77. The number of rotatable bonds is 2. The topological polar surface area (TPSA) is 47.1 Å². The number of hydrogen-bond acceptors (Lipinski definition) is 4. The standard InChI is InChI=1S/C17H20N4O/c1-11-16(12(2)20(3)19-11)14-8-6-10-21(14)17-18-13-7-4-5-9-15(13)22-17/h4-5,7,9,14H,6,8,10H2,1-3H3. The molecule has 2 aromatic heterocycles. The van der Waals surface area contributed by atoms with Crippen molar-refractivity contribution < 1.29 is 4.42 Å². The summed E-state index contributed by atoms with van der Waals surface area (Å²) in [5, 5.41) is 4.57. The predicted octanol–water partition coefficient (Wildman–Crippen LogP) is 3.52. The van der Waals surface area contributed by atoms with Crippen LogP contribution in [0.5, 0.6) is 0 Å². The van der Waals surface area contributed by atoms with Crippen LogP contribution in [-0.2, 0) is 7.05 Å². The first kappa shape index (κ1) is 13.4. The average Bonchev–Trinajstić information content (AvgIpc) is 3.17. The highest BCUT2D eigenvalue weighted by Gasteiger charge is 2.33. The molecule has 1 atom stereocenters. The van der Waals surface area contributed by atoms with E-state index >= 15 is 0 Å². The van der Waals surface area contributed by atoms with Crippen molar-refractivity contribution in [2.24, 2.45) is 7.05 Å². The van der Waals surface area contributed by atoms with Crippen molar-refractivity contribution >= 4 is 17.1 Å². The number of para-hydroxylation sites is 2. The number of nitrogens with zero attached hydrogens (tertiary/aromatic N) is 4. The Balaban J connectivity index is 1.77. The van der Waals surface area contributed by atoms with Gasteiger partial charge in [-0.1, -0.05) is 12.1 Å². The van der Waals surface area contributed by atoms with Gasteiger partial charge in [-0.25, -0.2) is 0 Å². The van der Waals surface area contributed by atoms with Crippen LogP contribution < -0.4 is 4.90 Å². The third-order valence-corrected chi connectivity index (χ3v) is 4.68. The normalized spacial score (nSPS) is 18.5. The highest BCUT2D eigenvalue weighted by atomic mass is 16.4. The molecule has 5 heteroatoms. The highest BCUT2D eigenvalue weighted by Crippen LogP contribution is 2.39. The Morgan fingerprint density at radius 2 is 2.05 bits per heavy atom. The maximum atomic E-state index is 5.98. The van der Waals surface area contributed by atoms with Crippen molar-refractivity contribution in [3.63, 3.8) is 0 Å². The van der Waals surface area contributed by atoms with Gasteiger partial charge >= 0.3 is 0 Å². The summed E-state index contributed by atoms with van der Waals surface area (Å²) >= 11 is 0. The molecule has 0 bridgehead atoms. The molecule has 0 aliphatic carbocycles. The minimum absolute atomic E-state index is 0.307. The zero-order valence-electron chi connectivity index (χ0n) is 13.2. The molecule has 0 radical (unpaired) electrons. The fraction of sp³-hybridized carbons (Fsp3) is 0.412. The van der Waals surface area contributed by atoms with E-state index in [2.05, 4.69) is 28.8 Å². The molecule has 1 aliphatic rings. The number of anilines is 1. The molecule has 0 N–H and O–H groups in total. The van der Waals surface area contributed by atoms with Gasteiger partial charge in [-0.2, -0.15) is 10.1 Å². The van der Waals surface area contributed by atoms with Gasteiger partial charge in [0.05, 0.1) is 11.7 Å². The van der Waals surface area contributed by atoms with Crippen molar-refractivity contribution in [3.05, 3.63) is 41.2 Å². The van der Waals surface area contributed by atoms with E-state index in [0.717, 1.165) is 42.2 Å². The second-order valence-electron chi connectivity index (χ2n) is 6.02. The van der Waals surface area contributed by atoms with Crippen molar-refractivity contribution in [3.8, 4) is 0 Å². The van der Waals surface area contributed by atoms with Gasteiger partial charge in [0, 0.05) is 24.8 Å². The van der Waals surface area contributed by atoms with Gasteiger partial charge in [-0.15, -0.1) is 0 Å². The Kier molecular flexibility index (Phi) is 2.96. The van der Waals surface area contributed by atoms with Crippen molar-refractivity contribution in [2.45, 2.75) is 32.7 Å². The first-order valence-electron chi connectivity index (χ1n) is 7.77. The zero-order chi connectivity index (χ0) is 15.3. The molecule has 0 spiro atoms. The molecule has 1 unspecified atom stereocenters. The van der Waals surface area contributed by atoms with E-state index < -0.39 is 0 Å². The number of aromatic nitrogens is 3. The summed E-state index contributed by atoms with van der Waals surface area (Å²) in [6.07, 6.45) is 2.27. The lowest BCUT2D eigenvalue weighted by Crippen LogP contribution is -2.23. The molecular weight excluding hydrogens is 276 g/mol. The fourth-order valence-electron chi connectivity index (χ4n) is 3.55. The summed E-state index contributed by atoms with van der Waals surface area (Å²) in [6.45, 7) is 5.20. The molecule has 0 amide bonds. The maximum absolute atomic E-state index is 5.98. The Morgan fingerprint density at radius 1 is 1.23 bits per heavy atom. The third kappa shape index (κ3) is 1.92. The highest BCUT2D eigenvalue weighted by molar-refractivity contribution is 5.74. The molecule has 1 aliphatic heterocycles. The molecule has 22 heavy (non-hydrogen) atoms. The summed E-state index contributed by atoms with van der Waals surface area (Å²) in [6, 6.07) is 8.97. The van der Waals surface area contributed by atoms with Crippen LogP contribution in [0.4, 0.5) is 6.01 Å². The summed E-state index contributed by atoms with van der Waals surface area (Å²) in [5.74, 6) is 0. The monoisotopic (exact) mass is 296 g/mol. The Hall–Kier alpha value is -2.30. The average molecular weight is 296 g/mol. The number of fused-ring (bicyclic) bond motifs is 1. The molecule has 3 heterocycles. The van der Waals surface area contributed by atoms with Crippen LogP contribution in [0.1, 0.15) is 35.8 Å². The molecule has 5 nitrogen and oxygen atoms in total. The van der Waals surface area contributed by atoms with Crippen LogP contribution in [-0.4, -0.2) is 21.3 Å². The van der Waals surface area contributed by atoms with Gasteiger partial charge in [0.2, 0.25) is 0 Å². The van der Waals surface area contributed by atoms with Gasteiger partial charge < -0.3 is 9.32 Å². The molecule has 0 saturated carbocycles. The second-order valence-corrected chi connectivity index (χ2v) is 6.02. The summed E-state index contributed by atoms with van der Waals surface area (Å²) in [5.41, 5.74) is 5.42. The molecule has 1 fully saturated rings. The van der Waals surface area contributed by atoms with Gasteiger partial charge in [0.1, 0.15) is 5.52 Å². The van der Waals surface area contributed by atoms with Crippen molar-refractivity contribution in [2.75, 3.05) is 11.4 Å². The van der Waals surface area contributed by atoms with E-state index in [-0.39, 0.29) is 0 Å². The van der Waals surface area contributed by atoms with Crippen LogP contribution >= 0.6 is 0 Å². The molecule has 3 aromatic rings. The number of oxazole rings is 1. The predicted molar refractivity (Wildman–Crippen MR) is 86.0 cm³/mol. The van der Waals surface area contributed by atoms with Gasteiger partial charge in [0.25, 0.3) is 6.01 Å². The van der Waals surface area contributed by atoms with Gasteiger partial charge in [-0.05, 0) is 38.8 Å². The lowest BCUT2D eigenvalue weighted by atomic mass is 10.0. The van der Waals surface area contributed by atoms with E-state index in [9.17, 15) is 0 Å². The fourth-order valence-corrected chi connectivity index (χ4v) is 3.55.